The minimum Gasteiger partial charge on any atom is -0.378 e. The monoisotopic (exact) mass is 373 g/mol. The number of morpholine rings is 1. The van der Waals surface area contributed by atoms with Crippen molar-refractivity contribution >= 4 is 22.2 Å². The standard InChI is InChI=1S/C19H23N3O3S/c23-18(21-13-14-4-3-9-25-14)17-12-15(16-5-1-2-6-20-16)19(26-17)22-7-10-24-11-8-22/h1-2,5-6,12,14H,3-4,7-11,13H2,(H,21,23)/t14-/m1/s1. The molecule has 4 rings (SSSR count). The Morgan fingerprint density at radius 3 is 2.92 bits per heavy atom. The van der Waals surface area contributed by atoms with Crippen LogP contribution in [0.3, 0.4) is 0 Å². The zero-order valence-electron chi connectivity index (χ0n) is 14.6. The molecule has 0 unspecified atom stereocenters. The Balaban J connectivity index is 1.56. The molecule has 1 N–H and O–H groups in total. The molecular formula is C19H23N3O3S. The summed E-state index contributed by atoms with van der Waals surface area (Å²) in [5.74, 6) is -0.0396. The molecule has 2 aromatic heterocycles. The quantitative estimate of drug-likeness (QED) is 0.873. The average molecular weight is 373 g/mol. The number of aromatic nitrogens is 1. The Labute approximate surface area is 157 Å². The zero-order valence-corrected chi connectivity index (χ0v) is 15.5. The number of nitrogens with zero attached hydrogens (tertiary/aromatic N) is 2. The van der Waals surface area contributed by atoms with Gasteiger partial charge in [0, 0.05) is 38.0 Å². The van der Waals surface area contributed by atoms with Gasteiger partial charge in [-0.1, -0.05) is 6.07 Å². The Morgan fingerprint density at radius 2 is 2.19 bits per heavy atom. The van der Waals surface area contributed by atoms with Crippen LogP contribution < -0.4 is 10.2 Å². The van der Waals surface area contributed by atoms with Crippen LogP contribution in [0.2, 0.25) is 0 Å². The average Bonchev–Trinajstić information content (AvgIpc) is 3.37. The van der Waals surface area contributed by atoms with E-state index in [1.165, 1.54) is 11.3 Å². The van der Waals surface area contributed by atoms with E-state index in [9.17, 15) is 4.79 Å². The van der Waals surface area contributed by atoms with Crippen LogP contribution in [0, 0.1) is 0 Å². The number of carbonyl (C=O) groups excluding carboxylic acids is 1. The fraction of sp³-hybridized carbons (Fsp3) is 0.474. The molecule has 0 aliphatic carbocycles. The molecule has 2 aliphatic heterocycles. The SMILES string of the molecule is O=C(NC[C@H]1CCCO1)c1cc(-c2ccccn2)c(N2CCOCC2)s1. The Kier molecular flexibility index (Phi) is 5.48. The molecule has 2 saturated heterocycles. The number of ether oxygens (including phenoxy) is 2. The Hall–Kier alpha value is -1.96. The lowest BCUT2D eigenvalue weighted by Crippen LogP contribution is -2.36. The first-order valence-corrected chi connectivity index (χ1v) is 9.90. The van der Waals surface area contributed by atoms with Gasteiger partial charge in [0.05, 0.1) is 29.9 Å². The fourth-order valence-corrected chi connectivity index (χ4v) is 4.43. The molecule has 4 heterocycles. The summed E-state index contributed by atoms with van der Waals surface area (Å²) in [5.41, 5.74) is 1.91. The van der Waals surface area contributed by atoms with Gasteiger partial charge in [0.1, 0.15) is 5.00 Å². The summed E-state index contributed by atoms with van der Waals surface area (Å²) in [5, 5.41) is 4.11. The van der Waals surface area contributed by atoms with Crippen molar-refractivity contribution in [3.63, 3.8) is 0 Å². The molecular weight excluding hydrogens is 350 g/mol. The Bertz CT molecular complexity index is 738. The van der Waals surface area contributed by atoms with Crippen LogP contribution in [0.1, 0.15) is 22.5 Å². The lowest BCUT2D eigenvalue weighted by molar-refractivity contribution is 0.0861. The van der Waals surface area contributed by atoms with Gasteiger partial charge in [-0.2, -0.15) is 0 Å². The van der Waals surface area contributed by atoms with Gasteiger partial charge in [0.2, 0.25) is 0 Å². The van der Waals surface area contributed by atoms with Crippen LogP contribution in [0.15, 0.2) is 30.5 Å². The van der Waals surface area contributed by atoms with Crippen molar-refractivity contribution in [1.29, 1.82) is 0 Å². The van der Waals surface area contributed by atoms with Crippen molar-refractivity contribution in [1.82, 2.24) is 10.3 Å². The van der Waals surface area contributed by atoms with Gasteiger partial charge < -0.3 is 19.7 Å². The number of hydrogen-bond donors (Lipinski definition) is 1. The second-order valence-corrected chi connectivity index (χ2v) is 7.52. The molecule has 1 amide bonds. The highest BCUT2D eigenvalue weighted by atomic mass is 32.1. The maximum absolute atomic E-state index is 12.7. The second-order valence-electron chi connectivity index (χ2n) is 6.49. The molecule has 7 heteroatoms. The third-order valence-corrected chi connectivity index (χ3v) is 5.88. The van der Waals surface area contributed by atoms with E-state index in [2.05, 4.69) is 15.2 Å². The molecule has 26 heavy (non-hydrogen) atoms. The molecule has 0 bridgehead atoms. The molecule has 0 saturated carbocycles. The van der Waals surface area contributed by atoms with Crippen molar-refractivity contribution in [3.05, 3.63) is 35.3 Å². The van der Waals surface area contributed by atoms with Crippen molar-refractivity contribution in [2.45, 2.75) is 18.9 Å². The van der Waals surface area contributed by atoms with Gasteiger partial charge >= 0.3 is 0 Å². The summed E-state index contributed by atoms with van der Waals surface area (Å²) < 4.78 is 11.1. The summed E-state index contributed by atoms with van der Waals surface area (Å²) in [4.78, 5) is 20.1. The van der Waals surface area contributed by atoms with Crippen LogP contribution >= 0.6 is 11.3 Å². The topological polar surface area (TPSA) is 63.7 Å². The lowest BCUT2D eigenvalue weighted by atomic mass is 10.1. The van der Waals surface area contributed by atoms with Crippen LogP contribution in [0.5, 0.6) is 0 Å². The largest absolute Gasteiger partial charge is 0.378 e. The van der Waals surface area contributed by atoms with E-state index >= 15 is 0 Å². The van der Waals surface area contributed by atoms with Crippen LogP contribution in [-0.2, 0) is 9.47 Å². The van der Waals surface area contributed by atoms with E-state index in [4.69, 9.17) is 9.47 Å². The predicted molar refractivity (Wildman–Crippen MR) is 102 cm³/mol. The maximum Gasteiger partial charge on any atom is 0.261 e. The number of pyridine rings is 1. The first-order valence-electron chi connectivity index (χ1n) is 9.09. The molecule has 2 fully saturated rings. The first-order chi connectivity index (χ1) is 12.8. The summed E-state index contributed by atoms with van der Waals surface area (Å²) in [6.07, 6.45) is 4.02. The molecule has 0 radical (unpaired) electrons. The van der Waals surface area contributed by atoms with Gasteiger partial charge in [0.15, 0.2) is 0 Å². The van der Waals surface area contributed by atoms with Crippen LogP contribution in [0.25, 0.3) is 11.3 Å². The van der Waals surface area contributed by atoms with Crippen molar-refractivity contribution in [2.24, 2.45) is 0 Å². The van der Waals surface area contributed by atoms with E-state index in [-0.39, 0.29) is 12.0 Å². The number of rotatable bonds is 5. The highest BCUT2D eigenvalue weighted by Crippen LogP contribution is 2.38. The number of anilines is 1. The van der Waals surface area contributed by atoms with Gasteiger partial charge in [0.25, 0.3) is 5.91 Å². The minimum absolute atomic E-state index is 0.0396. The van der Waals surface area contributed by atoms with E-state index in [0.29, 0.717) is 24.6 Å². The molecule has 6 nitrogen and oxygen atoms in total. The lowest BCUT2D eigenvalue weighted by Gasteiger charge is -2.28. The summed E-state index contributed by atoms with van der Waals surface area (Å²) in [6, 6.07) is 7.82. The van der Waals surface area contributed by atoms with Gasteiger partial charge in [-0.25, -0.2) is 0 Å². The third kappa shape index (κ3) is 3.90. The second kappa shape index (κ2) is 8.16. The molecule has 138 valence electrons. The minimum atomic E-state index is -0.0396. The van der Waals surface area contributed by atoms with Crippen molar-refractivity contribution in [3.8, 4) is 11.3 Å². The normalized spacial score (nSPS) is 20.3. The smallest absolute Gasteiger partial charge is 0.261 e. The molecule has 0 spiro atoms. The maximum atomic E-state index is 12.7. The highest BCUT2D eigenvalue weighted by molar-refractivity contribution is 7.18. The molecule has 0 aromatic carbocycles. The summed E-state index contributed by atoms with van der Waals surface area (Å²) in [7, 11) is 0. The van der Waals surface area contributed by atoms with Crippen LogP contribution in [-0.4, -0.2) is 56.5 Å². The first kappa shape index (κ1) is 17.5. The molecule has 1 atom stereocenters. The van der Waals surface area contributed by atoms with Crippen LogP contribution in [0.4, 0.5) is 5.00 Å². The molecule has 2 aliphatic rings. The van der Waals surface area contributed by atoms with Gasteiger partial charge in [-0.05, 0) is 31.0 Å². The summed E-state index contributed by atoms with van der Waals surface area (Å²) in [6.45, 7) is 4.45. The zero-order chi connectivity index (χ0) is 17.8. The van der Waals surface area contributed by atoms with Gasteiger partial charge in [-0.3, -0.25) is 9.78 Å². The number of hydrogen-bond acceptors (Lipinski definition) is 6. The number of thiophene rings is 1. The molecule has 2 aromatic rings. The van der Waals surface area contributed by atoms with E-state index in [1.807, 2.05) is 24.3 Å². The number of nitrogens with one attached hydrogen (secondary N) is 1. The third-order valence-electron chi connectivity index (χ3n) is 4.69. The summed E-state index contributed by atoms with van der Waals surface area (Å²) >= 11 is 1.53. The van der Waals surface area contributed by atoms with Crippen molar-refractivity contribution in [2.75, 3.05) is 44.4 Å². The Morgan fingerprint density at radius 1 is 1.31 bits per heavy atom. The highest BCUT2D eigenvalue weighted by Gasteiger charge is 2.23. The number of carbonyl (C=O) groups is 1. The predicted octanol–water partition coefficient (Wildman–Crippen LogP) is 2.56. The van der Waals surface area contributed by atoms with E-state index < -0.39 is 0 Å². The fourth-order valence-electron chi connectivity index (χ4n) is 3.30. The van der Waals surface area contributed by atoms with E-state index in [0.717, 1.165) is 48.8 Å². The van der Waals surface area contributed by atoms with E-state index in [1.54, 1.807) is 6.20 Å². The number of amides is 1. The van der Waals surface area contributed by atoms with Crippen molar-refractivity contribution < 1.29 is 14.3 Å². The van der Waals surface area contributed by atoms with Gasteiger partial charge in [-0.15, -0.1) is 11.3 Å².